The van der Waals surface area contributed by atoms with Crippen LogP contribution in [0.15, 0.2) is 36.5 Å². The molecule has 1 saturated carbocycles. The van der Waals surface area contributed by atoms with Crippen molar-refractivity contribution in [1.29, 1.82) is 0 Å². The predicted octanol–water partition coefficient (Wildman–Crippen LogP) is 6.47. The number of benzene rings is 2. The van der Waals surface area contributed by atoms with Gasteiger partial charge in [0.25, 0.3) is 0 Å². The van der Waals surface area contributed by atoms with Crippen molar-refractivity contribution in [1.82, 2.24) is 9.55 Å². The van der Waals surface area contributed by atoms with E-state index in [0.717, 1.165) is 28.3 Å². The molecule has 2 aliphatic heterocycles. The van der Waals surface area contributed by atoms with Gasteiger partial charge < -0.3 is 14.0 Å². The van der Waals surface area contributed by atoms with E-state index in [4.69, 9.17) is 14.0 Å². The van der Waals surface area contributed by atoms with Crippen molar-refractivity contribution in [2.75, 3.05) is 0 Å². The zero-order valence-corrected chi connectivity index (χ0v) is 22.2. The summed E-state index contributed by atoms with van der Waals surface area (Å²) < 4.78 is 52.6. The van der Waals surface area contributed by atoms with Gasteiger partial charge in [0.2, 0.25) is 6.23 Å². The summed E-state index contributed by atoms with van der Waals surface area (Å²) in [6, 6.07) is 8.70. The van der Waals surface area contributed by atoms with Gasteiger partial charge in [0, 0.05) is 17.5 Å². The molecular weight excluding hydrogens is 493 g/mol. The predicted molar refractivity (Wildman–Crippen MR) is 141 cm³/mol. The zero-order valence-electron chi connectivity index (χ0n) is 21.4. The Kier molecular flexibility index (Phi) is 4.83. The molecule has 4 aromatic rings. The third kappa shape index (κ3) is 3.43. The maximum absolute atomic E-state index is 16.1. The van der Waals surface area contributed by atoms with E-state index in [1.807, 2.05) is 52.9 Å². The van der Waals surface area contributed by atoms with Gasteiger partial charge in [-0.1, -0.05) is 11.6 Å². The number of aryl methyl sites for hydroxylation is 1. The molecule has 9 heteroatoms. The average Bonchev–Trinajstić information content (AvgIpc) is 3.43. The summed E-state index contributed by atoms with van der Waals surface area (Å²) in [4.78, 5) is 5.49. The van der Waals surface area contributed by atoms with Gasteiger partial charge in [-0.05, 0) is 77.2 Å². The summed E-state index contributed by atoms with van der Waals surface area (Å²) in [6.45, 7) is 9.72. The number of rotatable bonds is 3. The quantitative estimate of drug-likeness (QED) is 0.291. The Morgan fingerprint density at radius 1 is 1.05 bits per heavy atom. The standard InChI is InChI=1S/C28H27BF2N2O3S/c1-14-6-9-19-17(10-14)23(31)24-22-18(30)11-16(29-35-27(2,3)28(4,5)36-29)12-20(22)34-26(33(19)24)21-13-32-25(37-21)15-7-8-15/h6,9-13,15,26H,7-8H2,1-5H3. The van der Waals surface area contributed by atoms with Crippen LogP contribution >= 0.6 is 11.3 Å². The molecule has 0 spiro atoms. The summed E-state index contributed by atoms with van der Waals surface area (Å²) in [6.07, 6.45) is 3.41. The minimum absolute atomic E-state index is 0.106. The van der Waals surface area contributed by atoms with E-state index in [-0.39, 0.29) is 17.0 Å². The molecule has 5 nitrogen and oxygen atoms in total. The van der Waals surface area contributed by atoms with Crippen LogP contribution in [0.1, 0.15) is 68.1 Å². The van der Waals surface area contributed by atoms with Crippen LogP contribution in [-0.4, -0.2) is 27.9 Å². The van der Waals surface area contributed by atoms with E-state index in [1.165, 1.54) is 6.07 Å². The smallest absolute Gasteiger partial charge is 0.464 e. The Balaban J connectivity index is 1.42. The van der Waals surface area contributed by atoms with Crippen LogP contribution in [0.2, 0.25) is 0 Å². The van der Waals surface area contributed by atoms with Gasteiger partial charge in [-0.25, -0.2) is 13.8 Å². The Morgan fingerprint density at radius 3 is 2.49 bits per heavy atom. The summed E-state index contributed by atoms with van der Waals surface area (Å²) in [5.41, 5.74) is 1.22. The molecule has 4 heterocycles. The number of halogens is 2. The highest BCUT2D eigenvalue weighted by molar-refractivity contribution is 7.11. The normalized spacial score (nSPS) is 21.7. The monoisotopic (exact) mass is 520 g/mol. The van der Waals surface area contributed by atoms with Gasteiger partial charge in [0.05, 0.1) is 37.9 Å². The SMILES string of the molecule is Cc1ccc2c(c1)c(F)c1n2C(c2cnc(C3CC3)s2)Oc2cc(B3OC(C)(C)C(C)(C)O3)cc(F)c2-1. The van der Waals surface area contributed by atoms with Gasteiger partial charge in [-0.15, -0.1) is 11.3 Å². The lowest BCUT2D eigenvalue weighted by atomic mass is 9.78. The second kappa shape index (κ2) is 7.65. The topological polar surface area (TPSA) is 45.5 Å². The Bertz CT molecular complexity index is 1570. The van der Waals surface area contributed by atoms with E-state index in [9.17, 15) is 0 Å². The van der Waals surface area contributed by atoms with Crippen LogP contribution < -0.4 is 10.2 Å². The summed E-state index contributed by atoms with van der Waals surface area (Å²) in [7, 11) is -0.767. The molecule has 1 atom stereocenters. The van der Waals surface area contributed by atoms with Crippen molar-refractivity contribution in [2.24, 2.45) is 0 Å². The third-order valence-electron chi connectivity index (χ3n) is 8.12. The molecule has 190 valence electrons. The van der Waals surface area contributed by atoms with Crippen molar-refractivity contribution in [2.45, 2.75) is 70.8 Å². The maximum atomic E-state index is 16.1. The highest BCUT2D eigenvalue weighted by Gasteiger charge is 2.52. The molecular formula is C28H27BF2N2O3S. The fourth-order valence-corrected chi connectivity index (χ4v) is 6.30. The van der Waals surface area contributed by atoms with Crippen molar-refractivity contribution in [3.05, 3.63) is 63.6 Å². The summed E-state index contributed by atoms with van der Waals surface area (Å²) in [5.74, 6) is -0.282. The highest BCUT2D eigenvalue weighted by Crippen LogP contribution is 2.49. The molecule has 7 rings (SSSR count). The lowest BCUT2D eigenvalue weighted by Crippen LogP contribution is -2.41. The molecule has 0 amide bonds. The van der Waals surface area contributed by atoms with Crippen molar-refractivity contribution in [3.63, 3.8) is 0 Å². The van der Waals surface area contributed by atoms with Gasteiger partial charge in [-0.3, -0.25) is 4.57 Å². The first-order valence-corrected chi connectivity index (χ1v) is 13.5. The van der Waals surface area contributed by atoms with E-state index >= 15 is 8.78 Å². The Hall–Kier alpha value is -2.75. The van der Waals surface area contributed by atoms with Gasteiger partial charge in [-0.2, -0.15) is 0 Å². The number of thiazole rings is 1. The summed E-state index contributed by atoms with van der Waals surface area (Å²) in [5, 5.41) is 1.51. The molecule has 2 aromatic heterocycles. The van der Waals surface area contributed by atoms with Crippen LogP contribution in [-0.2, 0) is 9.31 Å². The highest BCUT2D eigenvalue weighted by atomic mass is 32.1. The Labute approximate surface area is 218 Å². The second-order valence-electron chi connectivity index (χ2n) is 11.4. The van der Waals surface area contributed by atoms with Crippen molar-refractivity contribution in [3.8, 4) is 17.0 Å². The molecule has 1 unspecified atom stereocenters. The molecule has 1 saturated heterocycles. The fourth-order valence-electron chi connectivity index (χ4n) is 5.19. The van der Waals surface area contributed by atoms with E-state index in [0.29, 0.717) is 22.3 Å². The number of ether oxygens (including phenoxy) is 1. The average molecular weight is 520 g/mol. The molecule has 0 radical (unpaired) electrons. The number of nitrogens with zero attached hydrogens (tertiary/aromatic N) is 2. The number of hydrogen-bond donors (Lipinski definition) is 0. The number of hydrogen-bond acceptors (Lipinski definition) is 5. The largest absolute Gasteiger partial charge is 0.495 e. The van der Waals surface area contributed by atoms with Crippen molar-refractivity contribution < 1.29 is 22.8 Å². The first-order chi connectivity index (χ1) is 17.5. The van der Waals surface area contributed by atoms with Gasteiger partial charge in [0.15, 0.2) is 5.82 Å². The molecule has 2 aromatic carbocycles. The summed E-state index contributed by atoms with van der Waals surface area (Å²) >= 11 is 1.58. The van der Waals surface area contributed by atoms with E-state index in [1.54, 1.807) is 28.0 Å². The van der Waals surface area contributed by atoms with Crippen LogP contribution in [0.25, 0.3) is 22.2 Å². The Morgan fingerprint density at radius 2 is 1.78 bits per heavy atom. The third-order valence-corrected chi connectivity index (χ3v) is 9.31. The first-order valence-electron chi connectivity index (χ1n) is 12.7. The number of aromatic nitrogens is 2. The molecule has 0 bridgehead atoms. The van der Waals surface area contributed by atoms with Gasteiger partial charge in [0.1, 0.15) is 11.6 Å². The molecule has 0 N–H and O–H groups in total. The number of fused-ring (bicyclic) bond motifs is 5. The van der Waals surface area contributed by atoms with Crippen LogP contribution in [0, 0.1) is 18.6 Å². The first kappa shape index (κ1) is 23.4. The minimum atomic E-state index is -0.767. The van der Waals surface area contributed by atoms with E-state index in [2.05, 4.69) is 4.98 Å². The van der Waals surface area contributed by atoms with Crippen LogP contribution in [0.3, 0.4) is 0 Å². The minimum Gasteiger partial charge on any atom is -0.464 e. The zero-order chi connectivity index (χ0) is 25.9. The van der Waals surface area contributed by atoms with E-state index < -0.39 is 36.2 Å². The molecule has 1 aliphatic carbocycles. The van der Waals surface area contributed by atoms with Crippen LogP contribution in [0.4, 0.5) is 8.78 Å². The lowest BCUT2D eigenvalue weighted by Gasteiger charge is -2.32. The van der Waals surface area contributed by atoms with Crippen LogP contribution in [0.5, 0.6) is 5.75 Å². The van der Waals surface area contributed by atoms with Crippen molar-refractivity contribution >= 4 is 34.8 Å². The molecule has 3 aliphatic rings. The molecule has 37 heavy (non-hydrogen) atoms. The lowest BCUT2D eigenvalue weighted by molar-refractivity contribution is 0.00578. The van der Waals surface area contributed by atoms with Gasteiger partial charge >= 0.3 is 7.12 Å². The fraction of sp³-hybridized carbons (Fsp3) is 0.393. The molecule has 2 fully saturated rings. The second-order valence-corrected chi connectivity index (χ2v) is 12.5. The maximum Gasteiger partial charge on any atom is 0.495 e.